The van der Waals surface area contributed by atoms with Crippen LogP contribution in [-0.4, -0.2) is 35.4 Å². The monoisotopic (exact) mass is 346 g/mol. The molecule has 0 aromatic rings. The Kier molecular flexibility index (Phi) is 4.62. The number of carbonyl (C=O) groups excluding carboxylic acids is 2. The van der Waals surface area contributed by atoms with Gasteiger partial charge in [0.15, 0.2) is 0 Å². The van der Waals surface area contributed by atoms with Gasteiger partial charge >= 0.3 is 11.9 Å². The summed E-state index contributed by atoms with van der Waals surface area (Å²) in [6.45, 7) is 15.8. The Morgan fingerprint density at radius 2 is 2.04 bits per heavy atom. The standard InChI is InChI=1S/C20H26O5/c1-6-9(2)19(22)25-18-14-10(3)7-8-13-11(4)20(23)24-17(13)15(14)12(5)16(18)21/h9,13-18,21H,3-8H2,1-2H3. The first-order valence-corrected chi connectivity index (χ1v) is 8.92. The number of hydrogen-bond acceptors (Lipinski definition) is 5. The van der Waals surface area contributed by atoms with Gasteiger partial charge in [0.2, 0.25) is 0 Å². The van der Waals surface area contributed by atoms with E-state index in [-0.39, 0.29) is 35.6 Å². The van der Waals surface area contributed by atoms with Crippen LogP contribution in [-0.2, 0) is 19.1 Å². The molecule has 3 aliphatic rings. The van der Waals surface area contributed by atoms with Crippen molar-refractivity contribution in [3.8, 4) is 0 Å². The summed E-state index contributed by atoms with van der Waals surface area (Å²) in [5.41, 5.74) is 1.93. The normalized spacial score (nSPS) is 38.7. The number of rotatable bonds is 3. The molecule has 136 valence electrons. The van der Waals surface area contributed by atoms with Crippen LogP contribution in [0.25, 0.3) is 0 Å². The fourth-order valence-electron chi connectivity index (χ4n) is 4.30. The first kappa shape index (κ1) is 17.9. The van der Waals surface area contributed by atoms with E-state index in [2.05, 4.69) is 19.7 Å². The molecule has 5 nitrogen and oxygen atoms in total. The Morgan fingerprint density at radius 1 is 1.36 bits per heavy atom. The summed E-state index contributed by atoms with van der Waals surface area (Å²) >= 11 is 0. The molecule has 25 heavy (non-hydrogen) atoms. The maximum Gasteiger partial charge on any atom is 0.334 e. The predicted octanol–water partition coefficient (Wildman–Crippen LogP) is 2.56. The second-order valence-corrected chi connectivity index (χ2v) is 7.48. The zero-order chi connectivity index (χ0) is 18.5. The van der Waals surface area contributed by atoms with Crippen LogP contribution in [0.1, 0.15) is 33.1 Å². The Balaban J connectivity index is 1.93. The third kappa shape index (κ3) is 2.74. The van der Waals surface area contributed by atoms with Crippen molar-refractivity contribution in [2.24, 2.45) is 23.7 Å². The molecule has 1 heterocycles. The molecule has 0 aromatic carbocycles. The molecule has 0 bridgehead atoms. The van der Waals surface area contributed by atoms with Crippen LogP contribution in [0.3, 0.4) is 0 Å². The Bertz CT molecular complexity index is 648. The van der Waals surface area contributed by atoms with Gasteiger partial charge in [-0.25, -0.2) is 4.79 Å². The summed E-state index contributed by atoms with van der Waals surface area (Å²) in [4.78, 5) is 24.3. The van der Waals surface area contributed by atoms with Gasteiger partial charge in [0, 0.05) is 23.3 Å². The van der Waals surface area contributed by atoms with Crippen LogP contribution < -0.4 is 0 Å². The van der Waals surface area contributed by atoms with Crippen molar-refractivity contribution in [2.45, 2.75) is 51.4 Å². The van der Waals surface area contributed by atoms with Crippen molar-refractivity contribution in [3.63, 3.8) is 0 Å². The third-order valence-corrected chi connectivity index (χ3v) is 6.08. The largest absolute Gasteiger partial charge is 0.458 e. The van der Waals surface area contributed by atoms with Gasteiger partial charge in [0.05, 0.1) is 5.92 Å². The Labute approximate surface area is 148 Å². The lowest BCUT2D eigenvalue weighted by Crippen LogP contribution is -2.36. The molecule has 5 heteroatoms. The van der Waals surface area contributed by atoms with Crippen LogP contribution in [0.4, 0.5) is 0 Å². The van der Waals surface area contributed by atoms with Gasteiger partial charge in [-0.2, -0.15) is 0 Å². The van der Waals surface area contributed by atoms with Gasteiger partial charge in [0.1, 0.15) is 18.3 Å². The molecule has 2 saturated carbocycles. The Morgan fingerprint density at radius 3 is 2.68 bits per heavy atom. The lowest BCUT2D eigenvalue weighted by molar-refractivity contribution is -0.160. The van der Waals surface area contributed by atoms with Crippen molar-refractivity contribution in [1.29, 1.82) is 0 Å². The highest BCUT2D eigenvalue weighted by Crippen LogP contribution is 2.52. The minimum absolute atomic E-state index is 0.104. The average Bonchev–Trinajstić information content (AvgIpc) is 2.93. The van der Waals surface area contributed by atoms with E-state index in [4.69, 9.17) is 9.47 Å². The molecule has 0 radical (unpaired) electrons. The van der Waals surface area contributed by atoms with E-state index in [1.54, 1.807) is 6.92 Å². The second-order valence-electron chi connectivity index (χ2n) is 7.48. The smallest absolute Gasteiger partial charge is 0.334 e. The van der Waals surface area contributed by atoms with Crippen molar-refractivity contribution in [2.75, 3.05) is 0 Å². The summed E-state index contributed by atoms with van der Waals surface area (Å²) < 4.78 is 11.2. The van der Waals surface area contributed by atoms with Gasteiger partial charge < -0.3 is 14.6 Å². The second kappa shape index (κ2) is 6.45. The zero-order valence-corrected chi connectivity index (χ0v) is 14.9. The molecule has 0 amide bonds. The van der Waals surface area contributed by atoms with E-state index in [0.717, 1.165) is 12.0 Å². The van der Waals surface area contributed by atoms with E-state index in [1.165, 1.54) is 0 Å². The van der Waals surface area contributed by atoms with Gasteiger partial charge in [-0.05, 0) is 24.8 Å². The lowest BCUT2D eigenvalue weighted by atomic mass is 9.81. The molecule has 7 unspecified atom stereocenters. The maximum atomic E-state index is 12.3. The topological polar surface area (TPSA) is 72.8 Å². The van der Waals surface area contributed by atoms with Crippen molar-refractivity contribution < 1.29 is 24.2 Å². The van der Waals surface area contributed by atoms with Gasteiger partial charge in [-0.3, -0.25) is 4.79 Å². The molecular weight excluding hydrogens is 320 g/mol. The summed E-state index contributed by atoms with van der Waals surface area (Å²) in [7, 11) is 0. The molecule has 3 fully saturated rings. The highest BCUT2D eigenvalue weighted by molar-refractivity contribution is 5.91. The molecule has 1 aliphatic heterocycles. The number of esters is 2. The molecule has 0 spiro atoms. The van der Waals surface area contributed by atoms with Crippen molar-refractivity contribution in [1.82, 2.24) is 0 Å². The molecular formula is C20H26O5. The molecule has 1 saturated heterocycles. The SMILES string of the molecule is C=C1C(=O)OC2C1CCC(=C)C1C(OC(=O)C(C)CC)C(O)C(=C)C21. The van der Waals surface area contributed by atoms with Crippen LogP contribution in [0.5, 0.6) is 0 Å². The Hall–Kier alpha value is -1.88. The fourth-order valence-corrected chi connectivity index (χ4v) is 4.30. The molecule has 1 N–H and O–H groups in total. The first-order chi connectivity index (χ1) is 11.8. The van der Waals surface area contributed by atoms with E-state index in [0.29, 0.717) is 24.0 Å². The van der Waals surface area contributed by atoms with Crippen LogP contribution in [0.2, 0.25) is 0 Å². The summed E-state index contributed by atoms with van der Waals surface area (Å²) in [5.74, 6) is -1.65. The quantitative estimate of drug-likeness (QED) is 0.483. The number of aliphatic hydroxyl groups is 1. The van der Waals surface area contributed by atoms with E-state index >= 15 is 0 Å². The van der Waals surface area contributed by atoms with E-state index in [1.807, 2.05) is 6.92 Å². The predicted molar refractivity (Wildman–Crippen MR) is 92.3 cm³/mol. The minimum Gasteiger partial charge on any atom is -0.458 e. The number of fused-ring (bicyclic) bond motifs is 3. The molecule has 7 atom stereocenters. The summed E-state index contributed by atoms with van der Waals surface area (Å²) in [6, 6.07) is 0. The molecule has 2 aliphatic carbocycles. The van der Waals surface area contributed by atoms with E-state index < -0.39 is 18.3 Å². The summed E-state index contributed by atoms with van der Waals surface area (Å²) in [6.07, 6.45) is -0.0615. The van der Waals surface area contributed by atoms with Crippen LogP contribution >= 0.6 is 0 Å². The number of carbonyl (C=O) groups is 2. The van der Waals surface area contributed by atoms with E-state index in [9.17, 15) is 14.7 Å². The first-order valence-electron chi connectivity index (χ1n) is 8.92. The molecule has 0 aromatic heterocycles. The lowest BCUT2D eigenvalue weighted by Gasteiger charge is -2.28. The van der Waals surface area contributed by atoms with Crippen LogP contribution in [0.15, 0.2) is 36.5 Å². The number of aliphatic hydroxyl groups excluding tert-OH is 1. The molecule has 3 rings (SSSR count). The highest BCUT2D eigenvalue weighted by atomic mass is 16.6. The number of hydrogen-bond donors (Lipinski definition) is 1. The van der Waals surface area contributed by atoms with Gasteiger partial charge in [-0.1, -0.05) is 39.2 Å². The highest BCUT2D eigenvalue weighted by Gasteiger charge is 2.58. The third-order valence-electron chi connectivity index (χ3n) is 6.08. The number of ether oxygens (including phenoxy) is 2. The zero-order valence-electron chi connectivity index (χ0n) is 14.9. The van der Waals surface area contributed by atoms with Gasteiger partial charge in [-0.15, -0.1) is 0 Å². The van der Waals surface area contributed by atoms with Crippen LogP contribution in [0, 0.1) is 23.7 Å². The average molecular weight is 346 g/mol. The maximum absolute atomic E-state index is 12.3. The van der Waals surface area contributed by atoms with Crippen molar-refractivity contribution >= 4 is 11.9 Å². The summed E-state index contributed by atoms with van der Waals surface area (Å²) in [5, 5.41) is 10.7. The van der Waals surface area contributed by atoms with Crippen molar-refractivity contribution in [3.05, 3.63) is 36.5 Å². The minimum atomic E-state index is -0.980. The fraction of sp³-hybridized carbons (Fsp3) is 0.600. The van der Waals surface area contributed by atoms with Gasteiger partial charge in [0.25, 0.3) is 0 Å².